The summed E-state index contributed by atoms with van der Waals surface area (Å²) < 4.78 is 44.0. The van der Waals surface area contributed by atoms with Crippen LogP contribution >= 0.6 is 0 Å². The molecule has 2 aromatic carbocycles. The topological polar surface area (TPSA) is 85.4 Å². The van der Waals surface area contributed by atoms with E-state index in [1.807, 2.05) is 19.1 Å². The van der Waals surface area contributed by atoms with Gasteiger partial charge in [-0.3, -0.25) is 4.79 Å². The maximum Gasteiger partial charge on any atom is 0.257 e. The summed E-state index contributed by atoms with van der Waals surface area (Å²) in [6.45, 7) is 5.12. The summed E-state index contributed by atoms with van der Waals surface area (Å²) in [5, 5.41) is 0. The molecule has 0 bridgehead atoms. The third-order valence-corrected chi connectivity index (χ3v) is 8.19. The number of sulfonamides is 1. The number of methoxy groups -OCH3 is 2. The van der Waals surface area contributed by atoms with Gasteiger partial charge in [0.25, 0.3) is 5.91 Å². The Hall–Kier alpha value is -2.78. The zero-order valence-electron chi connectivity index (χ0n) is 18.7. The maximum absolute atomic E-state index is 13.2. The molecule has 2 atom stereocenters. The summed E-state index contributed by atoms with van der Waals surface area (Å²) in [5.41, 5.74) is 1.58. The van der Waals surface area contributed by atoms with Crippen molar-refractivity contribution in [2.24, 2.45) is 0 Å². The van der Waals surface area contributed by atoms with Crippen LogP contribution in [0.1, 0.15) is 35.7 Å². The fraction of sp³-hybridized carbons (Fsp3) is 0.435. The summed E-state index contributed by atoms with van der Waals surface area (Å²) in [6.07, 6.45) is 0.0161. The highest BCUT2D eigenvalue weighted by molar-refractivity contribution is 7.89. The van der Waals surface area contributed by atoms with E-state index in [0.717, 1.165) is 5.56 Å². The van der Waals surface area contributed by atoms with Crippen LogP contribution < -0.4 is 14.2 Å². The number of ether oxygens (including phenoxy) is 3. The number of rotatable bonds is 5. The monoisotopic (exact) mass is 460 g/mol. The first-order chi connectivity index (χ1) is 15.3. The molecule has 0 saturated carbocycles. The molecule has 2 aliphatic heterocycles. The molecule has 172 valence electrons. The van der Waals surface area contributed by atoms with Crippen LogP contribution in [0.25, 0.3) is 0 Å². The third kappa shape index (κ3) is 3.80. The van der Waals surface area contributed by atoms with Gasteiger partial charge < -0.3 is 19.1 Å². The molecule has 2 unspecified atom stereocenters. The summed E-state index contributed by atoms with van der Waals surface area (Å²) in [4.78, 5) is 15.0. The van der Waals surface area contributed by atoms with Gasteiger partial charge in [-0.1, -0.05) is 19.1 Å². The Morgan fingerprint density at radius 3 is 2.34 bits per heavy atom. The van der Waals surface area contributed by atoms with Gasteiger partial charge in [-0.25, -0.2) is 8.42 Å². The van der Waals surface area contributed by atoms with Gasteiger partial charge >= 0.3 is 0 Å². The Bertz CT molecular complexity index is 1130. The first-order valence-corrected chi connectivity index (χ1v) is 12.0. The Labute approximate surface area is 188 Å². The van der Waals surface area contributed by atoms with Crippen LogP contribution in [0.2, 0.25) is 0 Å². The van der Waals surface area contributed by atoms with Crippen molar-refractivity contribution in [1.29, 1.82) is 0 Å². The molecule has 1 amide bonds. The second-order valence-electron chi connectivity index (χ2n) is 8.05. The number of piperazine rings is 1. The molecule has 1 fully saturated rings. The number of para-hydroxylation sites is 1. The Balaban J connectivity index is 1.49. The lowest BCUT2D eigenvalue weighted by Crippen LogP contribution is -2.50. The summed E-state index contributed by atoms with van der Waals surface area (Å²) >= 11 is 0. The summed E-state index contributed by atoms with van der Waals surface area (Å²) in [5.74, 6) is 1.55. The molecule has 2 heterocycles. The molecular formula is C23H28N2O6S. The van der Waals surface area contributed by atoms with Crippen LogP contribution in [0.15, 0.2) is 41.3 Å². The van der Waals surface area contributed by atoms with E-state index in [2.05, 4.69) is 6.92 Å². The van der Waals surface area contributed by atoms with Crippen molar-refractivity contribution in [1.82, 2.24) is 9.21 Å². The van der Waals surface area contributed by atoms with Gasteiger partial charge in [0.05, 0.1) is 24.7 Å². The normalized spacial score (nSPS) is 21.1. The standard InChI is InChI=1S/C23H28N2O6S/c1-15-16(2)31-22-18(15)6-5-7-19(22)23(26)24-10-12-25(13-11-24)32(27,28)17-8-9-20(29-3)21(14-17)30-4/h5-9,14-16H,10-13H2,1-4H3. The lowest BCUT2D eigenvalue weighted by molar-refractivity contribution is 0.0692. The first-order valence-electron chi connectivity index (χ1n) is 10.6. The third-order valence-electron chi connectivity index (χ3n) is 6.29. The van der Waals surface area contributed by atoms with E-state index in [-0.39, 0.29) is 35.9 Å². The van der Waals surface area contributed by atoms with Crippen LogP contribution in [0, 0.1) is 0 Å². The van der Waals surface area contributed by atoms with E-state index in [4.69, 9.17) is 14.2 Å². The van der Waals surface area contributed by atoms with Crippen LogP contribution in [0.4, 0.5) is 0 Å². The van der Waals surface area contributed by atoms with Gasteiger partial charge in [0.2, 0.25) is 10.0 Å². The van der Waals surface area contributed by atoms with E-state index < -0.39 is 10.0 Å². The molecule has 0 radical (unpaired) electrons. The molecule has 8 nitrogen and oxygen atoms in total. The predicted octanol–water partition coefficient (Wildman–Crippen LogP) is 2.73. The second-order valence-corrected chi connectivity index (χ2v) is 9.99. The van der Waals surface area contributed by atoms with Crippen molar-refractivity contribution in [3.05, 3.63) is 47.5 Å². The zero-order chi connectivity index (χ0) is 23.0. The van der Waals surface area contributed by atoms with Crippen molar-refractivity contribution in [3.63, 3.8) is 0 Å². The highest BCUT2D eigenvalue weighted by Crippen LogP contribution is 2.40. The van der Waals surface area contributed by atoms with E-state index in [1.165, 1.54) is 30.7 Å². The quantitative estimate of drug-likeness (QED) is 0.682. The second kappa shape index (κ2) is 8.63. The molecule has 1 saturated heterocycles. The minimum atomic E-state index is -3.72. The molecule has 0 aliphatic carbocycles. The zero-order valence-corrected chi connectivity index (χ0v) is 19.5. The maximum atomic E-state index is 13.2. The van der Waals surface area contributed by atoms with Crippen molar-refractivity contribution in [3.8, 4) is 17.2 Å². The van der Waals surface area contributed by atoms with E-state index in [9.17, 15) is 13.2 Å². The van der Waals surface area contributed by atoms with Crippen LogP contribution in [0.3, 0.4) is 0 Å². The Morgan fingerprint density at radius 2 is 1.69 bits per heavy atom. The van der Waals surface area contributed by atoms with E-state index in [0.29, 0.717) is 35.9 Å². The van der Waals surface area contributed by atoms with Crippen molar-refractivity contribution < 1.29 is 27.4 Å². The average Bonchev–Trinajstić information content (AvgIpc) is 3.11. The van der Waals surface area contributed by atoms with Crippen LogP contribution in [-0.2, 0) is 10.0 Å². The number of carbonyl (C=O) groups excluding carboxylic acids is 1. The molecule has 9 heteroatoms. The highest BCUT2D eigenvalue weighted by atomic mass is 32.2. The summed E-state index contributed by atoms with van der Waals surface area (Å²) in [7, 11) is -0.763. The Kier molecular flexibility index (Phi) is 6.05. The summed E-state index contributed by atoms with van der Waals surface area (Å²) in [6, 6.07) is 10.2. The fourth-order valence-electron chi connectivity index (χ4n) is 4.18. The Morgan fingerprint density at radius 1 is 1.00 bits per heavy atom. The van der Waals surface area contributed by atoms with Crippen molar-refractivity contribution in [2.75, 3.05) is 40.4 Å². The number of hydrogen-bond acceptors (Lipinski definition) is 6. The first kappa shape index (κ1) is 22.4. The SMILES string of the molecule is COc1ccc(S(=O)(=O)N2CCN(C(=O)c3cccc4c3OC(C)C4C)CC2)cc1OC. The smallest absolute Gasteiger partial charge is 0.257 e. The fourth-order valence-corrected chi connectivity index (χ4v) is 5.62. The number of hydrogen-bond donors (Lipinski definition) is 0. The van der Waals surface area contributed by atoms with Gasteiger partial charge in [0.1, 0.15) is 11.9 Å². The van der Waals surface area contributed by atoms with Gasteiger partial charge in [0.15, 0.2) is 11.5 Å². The number of nitrogens with zero attached hydrogens (tertiary/aromatic N) is 2. The predicted molar refractivity (Wildman–Crippen MR) is 119 cm³/mol. The van der Waals surface area contributed by atoms with E-state index >= 15 is 0 Å². The highest BCUT2D eigenvalue weighted by Gasteiger charge is 2.35. The van der Waals surface area contributed by atoms with Gasteiger partial charge in [-0.2, -0.15) is 4.31 Å². The molecule has 2 aliphatic rings. The molecule has 2 aromatic rings. The van der Waals surface area contributed by atoms with Crippen molar-refractivity contribution in [2.45, 2.75) is 30.8 Å². The van der Waals surface area contributed by atoms with Crippen molar-refractivity contribution >= 4 is 15.9 Å². The van der Waals surface area contributed by atoms with Crippen LogP contribution in [0.5, 0.6) is 17.2 Å². The molecule has 0 spiro atoms. The minimum absolute atomic E-state index is 0.0161. The molecule has 0 aromatic heterocycles. The molecule has 32 heavy (non-hydrogen) atoms. The number of carbonyl (C=O) groups is 1. The number of benzene rings is 2. The van der Waals surface area contributed by atoms with Gasteiger partial charge in [0, 0.05) is 43.7 Å². The largest absolute Gasteiger partial charge is 0.493 e. The lowest BCUT2D eigenvalue weighted by atomic mass is 9.96. The minimum Gasteiger partial charge on any atom is -0.493 e. The average molecular weight is 461 g/mol. The van der Waals surface area contributed by atoms with Gasteiger partial charge in [-0.05, 0) is 25.1 Å². The molecular weight excluding hydrogens is 432 g/mol. The van der Waals surface area contributed by atoms with Crippen LogP contribution in [-0.4, -0.2) is 70.0 Å². The molecule has 4 rings (SSSR count). The lowest BCUT2D eigenvalue weighted by Gasteiger charge is -2.34. The molecule has 0 N–H and O–H groups in total. The number of amides is 1. The number of fused-ring (bicyclic) bond motifs is 1. The van der Waals surface area contributed by atoms with E-state index in [1.54, 1.807) is 17.0 Å². The van der Waals surface area contributed by atoms with Gasteiger partial charge in [-0.15, -0.1) is 0 Å².